The molecule has 3 heterocycles. The summed E-state index contributed by atoms with van der Waals surface area (Å²) in [5.41, 5.74) is 12.9. The highest BCUT2D eigenvalue weighted by Crippen LogP contribution is 2.45. The number of fused-ring (bicyclic) bond motifs is 4. The molecule has 0 atom stereocenters. The Morgan fingerprint density at radius 3 is 2.61 bits per heavy atom. The molecule has 6 nitrogen and oxygen atoms in total. The second-order valence-electron chi connectivity index (χ2n) is 10.8. The van der Waals surface area contributed by atoms with Gasteiger partial charge in [0.05, 0.1) is 30.5 Å². The maximum Gasteiger partial charge on any atom is 0.195 e. The third kappa shape index (κ3) is 3.61. The highest BCUT2D eigenvalue weighted by Gasteiger charge is 2.41. The van der Waals surface area contributed by atoms with Crippen LogP contribution in [0.1, 0.15) is 66.4 Å². The summed E-state index contributed by atoms with van der Waals surface area (Å²) in [6, 6.07) is 10.6. The van der Waals surface area contributed by atoms with Gasteiger partial charge in [-0.05, 0) is 36.2 Å². The van der Waals surface area contributed by atoms with E-state index in [0.29, 0.717) is 11.7 Å². The lowest BCUT2D eigenvalue weighted by Crippen LogP contribution is -2.56. The van der Waals surface area contributed by atoms with Gasteiger partial charge in [-0.3, -0.25) is 9.69 Å². The summed E-state index contributed by atoms with van der Waals surface area (Å²) in [6.07, 6.45) is 1.86. The standard InChI is InChI=1S/C30H34N4O2/c1-4-5-6-7-19-14-23-24(16-26(19)34-12-10-33(11-13-34)21-17-36-18-21)30(2,3)29-27(28(23)35)22-9-8-20(31)15-25(22)32-29/h8-9,14-16,21,32H,4-5,10-13,17-18,31H2,1-3H3. The molecule has 0 radical (unpaired) electrons. The largest absolute Gasteiger partial charge is 0.399 e. The molecule has 186 valence electrons. The molecular weight excluding hydrogens is 448 g/mol. The van der Waals surface area contributed by atoms with Gasteiger partial charge in [-0.2, -0.15) is 0 Å². The topological polar surface area (TPSA) is 74.6 Å². The van der Waals surface area contributed by atoms with Gasteiger partial charge in [0.25, 0.3) is 0 Å². The van der Waals surface area contributed by atoms with Crippen LogP contribution in [-0.2, 0) is 10.2 Å². The predicted molar refractivity (Wildman–Crippen MR) is 145 cm³/mol. The van der Waals surface area contributed by atoms with Crippen LogP contribution in [-0.4, -0.2) is 61.1 Å². The number of H-pyrrole nitrogens is 1. The van der Waals surface area contributed by atoms with E-state index in [1.165, 1.54) is 0 Å². The van der Waals surface area contributed by atoms with Crippen LogP contribution in [0, 0.1) is 11.8 Å². The van der Waals surface area contributed by atoms with Crippen LogP contribution in [0.4, 0.5) is 11.4 Å². The Kier molecular flexibility index (Phi) is 5.59. The fourth-order valence-electron chi connectivity index (χ4n) is 5.89. The van der Waals surface area contributed by atoms with E-state index in [1.807, 2.05) is 18.2 Å². The molecule has 6 heteroatoms. The number of nitrogens with zero attached hydrogens (tertiary/aromatic N) is 2. The minimum Gasteiger partial charge on any atom is -0.399 e. The number of piperazine rings is 1. The molecule has 2 aromatic carbocycles. The zero-order valence-electron chi connectivity index (χ0n) is 21.4. The number of carbonyl (C=O) groups excluding carboxylic acids is 1. The maximum absolute atomic E-state index is 14.0. The molecule has 3 aromatic rings. The van der Waals surface area contributed by atoms with E-state index in [4.69, 9.17) is 10.5 Å². The molecule has 0 amide bonds. The molecule has 0 spiro atoms. The summed E-state index contributed by atoms with van der Waals surface area (Å²) in [4.78, 5) is 22.5. The molecule has 0 unspecified atom stereocenters. The molecule has 3 N–H and O–H groups in total. The van der Waals surface area contributed by atoms with Crippen molar-refractivity contribution in [2.45, 2.75) is 45.1 Å². The Bertz CT molecular complexity index is 1410. The number of rotatable bonds is 3. The molecule has 36 heavy (non-hydrogen) atoms. The van der Waals surface area contributed by atoms with Crippen LogP contribution in [0.25, 0.3) is 10.9 Å². The van der Waals surface area contributed by atoms with Crippen molar-refractivity contribution in [3.63, 3.8) is 0 Å². The average molecular weight is 483 g/mol. The zero-order valence-corrected chi connectivity index (χ0v) is 21.4. The summed E-state index contributed by atoms with van der Waals surface area (Å²) in [6.45, 7) is 12.2. The number of nitrogen functional groups attached to an aromatic ring is 1. The van der Waals surface area contributed by atoms with Gasteiger partial charge in [0.2, 0.25) is 0 Å². The van der Waals surface area contributed by atoms with Gasteiger partial charge in [-0.15, -0.1) is 0 Å². The van der Waals surface area contributed by atoms with Crippen LogP contribution >= 0.6 is 0 Å². The molecule has 1 aliphatic carbocycles. The van der Waals surface area contributed by atoms with E-state index in [0.717, 1.165) is 96.8 Å². The van der Waals surface area contributed by atoms with Gasteiger partial charge in [0.15, 0.2) is 5.78 Å². The van der Waals surface area contributed by atoms with Crippen molar-refractivity contribution >= 4 is 28.1 Å². The summed E-state index contributed by atoms with van der Waals surface area (Å²) < 4.78 is 5.41. The summed E-state index contributed by atoms with van der Waals surface area (Å²) in [5.74, 6) is 6.82. The molecule has 2 fully saturated rings. The van der Waals surface area contributed by atoms with Crippen LogP contribution in [0.15, 0.2) is 30.3 Å². The Hall–Kier alpha value is -3.27. The molecule has 1 aromatic heterocycles. The fourth-order valence-corrected chi connectivity index (χ4v) is 5.89. The zero-order chi connectivity index (χ0) is 25.0. The summed E-state index contributed by atoms with van der Waals surface area (Å²) in [7, 11) is 0. The molecule has 0 saturated carbocycles. The van der Waals surface area contributed by atoms with E-state index < -0.39 is 0 Å². The van der Waals surface area contributed by atoms with E-state index in [2.05, 4.69) is 59.5 Å². The number of ketones is 1. The maximum atomic E-state index is 14.0. The van der Waals surface area contributed by atoms with Crippen molar-refractivity contribution in [3.8, 4) is 11.8 Å². The fraction of sp³-hybridized carbons (Fsp3) is 0.433. The minimum atomic E-state index is -0.360. The van der Waals surface area contributed by atoms with Crippen molar-refractivity contribution in [2.24, 2.45) is 0 Å². The third-order valence-corrected chi connectivity index (χ3v) is 8.12. The number of carbonyl (C=O) groups is 1. The van der Waals surface area contributed by atoms with E-state index in [9.17, 15) is 4.79 Å². The Labute approximate surface area is 212 Å². The van der Waals surface area contributed by atoms with Gasteiger partial charge < -0.3 is 20.4 Å². The van der Waals surface area contributed by atoms with Crippen molar-refractivity contribution in [1.82, 2.24) is 9.88 Å². The first-order chi connectivity index (χ1) is 17.4. The lowest BCUT2D eigenvalue weighted by molar-refractivity contribution is -0.0660. The van der Waals surface area contributed by atoms with Crippen molar-refractivity contribution in [3.05, 3.63) is 58.3 Å². The highest BCUT2D eigenvalue weighted by molar-refractivity contribution is 6.20. The normalized spacial score (nSPS) is 19.4. The number of anilines is 2. The van der Waals surface area contributed by atoms with Gasteiger partial charge in [-0.25, -0.2) is 0 Å². The first kappa shape index (κ1) is 23.1. The lowest BCUT2D eigenvalue weighted by Gasteiger charge is -2.43. The number of nitrogens with two attached hydrogens (primary N) is 1. The van der Waals surface area contributed by atoms with Crippen molar-refractivity contribution < 1.29 is 9.53 Å². The molecule has 6 rings (SSSR count). The molecule has 3 aliphatic rings. The summed E-state index contributed by atoms with van der Waals surface area (Å²) >= 11 is 0. The second kappa shape index (κ2) is 8.69. The number of nitrogens with one attached hydrogen (secondary N) is 1. The van der Waals surface area contributed by atoms with Crippen molar-refractivity contribution in [1.29, 1.82) is 0 Å². The van der Waals surface area contributed by atoms with Crippen LogP contribution < -0.4 is 10.6 Å². The third-order valence-electron chi connectivity index (χ3n) is 8.12. The lowest BCUT2D eigenvalue weighted by atomic mass is 9.70. The first-order valence-corrected chi connectivity index (χ1v) is 13.1. The smallest absolute Gasteiger partial charge is 0.195 e. The minimum absolute atomic E-state index is 0.0650. The van der Waals surface area contributed by atoms with Crippen LogP contribution in [0.5, 0.6) is 0 Å². The van der Waals surface area contributed by atoms with E-state index in [-0.39, 0.29) is 11.2 Å². The quantitative estimate of drug-likeness (QED) is 0.430. The number of benzene rings is 2. The number of ether oxygens (including phenoxy) is 1. The second-order valence-corrected chi connectivity index (χ2v) is 10.8. The monoisotopic (exact) mass is 482 g/mol. The van der Waals surface area contributed by atoms with E-state index >= 15 is 0 Å². The van der Waals surface area contributed by atoms with Crippen LogP contribution in [0.3, 0.4) is 0 Å². The number of aromatic nitrogens is 1. The van der Waals surface area contributed by atoms with Gasteiger partial charge in [0.1, 0.15) is 0 Å². The predicted octanol–water partition coefficient (Wildman–Crippen LogP) is 4.29. The number of hydrogen-bond acceptors (Lipinski definition) is 5. The summed E-state index contributed by atoms with van der Waals surface area (Å²) in [5, 5.41) is 0.932. The SMILES string of the molecule is CCCC#Cc1cc2c(cc1N1CCN(C3COC3)CC1)C(C)(C)c1[nH]c3cc(N)ccc3c1C2=O. The average Bonchev–Trinajstić information content (AvgIpc) is 3.22. The van der Waals surface area contributed by atoms with Crippen molar-refractivity contribution in [2.75, 3.05) is 50.0 Å². The number of hydrogen-bond donors (Lipinski definition) is 2. The Balaban J connectivity index is 1.45. The van der Waals surface area contributed by atoms with Crippen LogP contribution in [0.2, 0.25) is 0 Å². The van der Waals surface area contributed by atoms with E-state index in [1.54, 1.807) is 0 Å². The van der Waals surface area contributed by atoms with Gasteiger partial charge >= 0.3 is 0 Å². The molecule has 2 aliphatic heterocycles. The van der Waals surface area contributed by atoms with Gasteiger partial charge in [0, 0.05) is 71.4 Å². The first-order valence-electron chi connectivity index (χ1n) is 13.1. The Morgan fingerprint density at radius 1 is 1.14 bits per heavy atom. The number of aromatic amines is 1. The highest BCUT2D eigenvalue weighted by atomic mass is 16.5. The molecule has 0 bridgehead atoms. The Morgan fingerprint density at radius 2 is 1.92 bits per heavy atom. The number of unbranched alkanes of at least 4 members (excludes halogenated alkanes) is 1. The van der Waals surface area contributed by atoms with Gasteiger partial charge in [-0.1, -0.05) is 38.7 Å². The molecule has 2 saturated heterocycles. The molecular formula is C30H34N4O2.